The van der Waals surface area contributed by atoms with E-state index >= 15 is 0 Å². The van der Waals surface area contributed by atoms with Gasteiger partial charge in [-0.15, -0.1) is 11.3 Å². The van der Waals surface area contributed by atoms with Gasteiger partial charge >= 0.3 is 12.1 Å². The van der Waals surface area contributed by atoms with Crippen LogP contribution in [-0.4, -0.2) is 31.1 Å². The molecule has 2 aromatic heterocycles. The largest absolute Gasteiger partial charge is 0.481 e. The van der Waals surface area contributed by atoms with Crippen molar-refractivity contribution in [2.24, 2.45) is 5.92 Å². The van der Waals surface area contributed by atoms with Gasteiger partial charge in [-0.1, -0.05) is 0 Å². The van der Waals surface area contributed by atoms with E-state index in [2.05, 4.69) is 20.3 Å². The average molecular weight is 478 g/mol. The molecule has 1 saturated carbocycles. The number of hydrogen-bond donors (Lipinski definition) is 3. The standard InChI is InChI=1S/C22H21F3N4O3S/c1-12-8-14(10-15(9-12)27-20-26-7-4-17(29-20)22(23,24)25)16-11-33-19(28-16)21(32)5-2-13(3-6-21)18(30)31/h4,7-11,13,32H,2-3,5-6H2,1H3,(H,30,31)(H,26,27,29)/t13-,21+. The summed E-state index contributed by atoms with van der Waals surface area (Å²) in [7, 11) is 0. The number of rotatable bonds is 5. The summed E-state index contributed by atoms with van der Waals surface area (Å²) in [5.74, 6) is -1.47. The third kappa shape index (κ3) is 5.14. The first-order chi connectivity index (χ1) is 15.5. The van der Waals surface area contributed by atoms with E-state index in [0.717, 1.165) is 23.4 Å². The van der Waals surface area contributed by atoms with Gasteiger partial charge in [0, 0.05) is 22.8 Å². The number of carbonyl (C=O) groups is 1. The fourth-order valence-corrected chi connectivity index (χ4v) is 4.87. The lowest BCUT2D eigenvalue weighted by molar-refractivity contribution is -0.145. The number of anilines is 2. The SMILES string of the molecule is Cc1cc(Nc2nccc(C(F)(F)F)n2)cc(-c2csc([C@]3(O)CC[C@@H](C(=O)O)CC3)n2)c1. The lowest BCUT2D eigenvalue weighted by Gasteiger charge is -2.32. The Balaban J connectivity index is 1.56. The van der Waals surface area contributed by atoms with Crippen molar-refractivity contribution in [3.63, 3.8) is 0 Å². The quantitative estimate of drug-likeness (QED) is 0.466. The summed E-state index contributed by atoms with van der Waals surface area (Å²) < 4.78 is 38.8. The molecule has 4 rings (SSSR count). The number of aromatic nitrogens is 3. The number of carboxylic acid groups (broad SMARTS) is 1. The Labute approximate surface area is 191 Å². The van der Waals surface area contributed by atoms with E-state index in [9.17, 15) is 28.2 Å². The number of aliphatic carboxylic acids is 1. The third-order valence-corrected chi connectivity index (χ3v) is 6.68. The van der Waals surface area contributed by atoms with E-state index in [0.29, 0.717) is 42.1 Å². The Morgan fingerprint density at radius 2 is 1.94 bits per heavy atom. The van der Waals surface area contributed by atoms with Crippen molar-refractivity contribution in [1.29, 1.82) is 0 Å². The summed E-state index contributed by atoms with van der Waals surface area (Å²) in [6.45, 7) is 1.84. The maximum Gasteiger partial charge on any atom is 0.433 e. The molecule has 11 heteroatoms. The van der Waals surface area contributed by atoms with Crippen LogP contribution in [0.15, 0.2) is 35.8 Å². The maximum absolute atomic E-state index is 12.9. The number of alkyl halides is 3. The number of benzene rings is 1. The predicted molar refractivity (Wildman–Crippen MR) is 116 cm³/mol. The normalized spacial score (nSPS) is 21.1. The Kier molecular flexibility index (Phi) is 6.10. The monoisotopic (exact) mass is 478 g/mol. The molecule has 0 spiro atoms. The number of nitrogens with zero attached hydrogens (tertiary/aromatic N) is 3. The van der Waals surface area contributed by atoms with E-state index in [4.69, 9.17) is 0 Å². The van der Waals surface area contributed by atoms with Crippen LogP contribution in [0.4, 0.5) is 24.8 Å². The summed E-state index contributed by atoms with van der Waals surface area (Å²) in [4.78, 5) is 23.2. The zero-order valence-corrected chi connectivity index (χ0v) is 18.4. The molecule has 2 heterocycles. The van der Waals surface area contributed by atoms with Gasteiger partial charge in [0.15, 0.2) is 0 Å². The number of halogens is 3. The van der Waals surface area contributed by atoms with Crippen molar-refractivity contribution < 1.29 is 28.2 Å². The first kappa shape index (κ1) is 23.1. The van der Waals surface area contributed by atoms with Crippen molar-refractivity contribution in [1.82, 2.24) is 15.0 Å². The van der Waals surface area contributed by atoms with Crippen LogP contribution in [-0.2, 0) is 16.6 Å². The van der Waals surface area contributed by atoms with Crippen molar-refractivity contribution in [3.8, 4) is 11.3 Å². The zero-order valence-electron chi connectivity index (χ0n) is 17.6. The second-order valence-corrected chi connectivity index (χ2v) is 9.02. The van der Waals surface area contributed by atoms with Crippen LogP contribution >= 0.6 is 11.3 Å². The lowest BCUT2D eigenvalue weighted by atomic mass is 9.79. The molecule has 1 aliphatic rings. The highest BCUT2D eigenvalue weighted by Gasteiger charge is 2.39. The predicted octanol–water partition coefficient (Wildman–Crippen LogP) is 5.13. The number of aryl methyl sites for hydroxylation is 1. The summed E-state index contributed by atoms with van der Waals surface area (Å²) in [5, 5.41) is 25.3. The van der Waals surface area contributed by atoms with Crippen molar-refractivity contribution in [2.45, 2.75) is 44.4 Å². The lowest BCUT2D eigenvalue weighted by Crippen LogP contribution is -2.33. The van der Waals surface area contributed by atoms with E-state index in [1.807, 2.05) is 13.0 Å². The van der Waals surface area contributed by atoms with Gasteiger partial charge in [-0.25, -0.2) is 15.0 Å². The Morgan fingerprint density at radius 1 is 1.21 bits per heavy atom. The van der Waals surface area contributed by atoms with Crippen LogP contribution < -0.4 is 5.32 Å². The maximum atomic E-state index is 12.9. The molecule has 7 nitrogen and oxygen atoms in total. The molecule has 1 aliphatic carbocycles. The van der Waals surface area contributed by atoms with Crippen LogP contribution in [0, 0.1) is 12.8 Å². The highest BCUT2D eigenvalue weighted by Crippen LogP contribution is 2.42. The molecule has 0 radical (unpaired) electrons. The van der Waals surface area contributed by atoms with Crippen LogP contribution in [0.2, 0.25) is 0 Å². The fourth-order valence-electron chi connectivity index (χ4n) is 3.89. The number of aliphatic hydroxyl groups is 1. The highest BCUT2D eigenvalue weighted by atomic mass is 32.1. The van der Waals surface area contributed by atoms with E-state index in [1.165, 1.54) is 11.3 Å². The van der Waals surface area contributed by atoms with Crippen LogP contribution in [0.5, 0.6) is 0 Å². The van der Waals surface area contributed by atoms with Gasteiger partial charge < -0.3 is 15.5 Å². The van der Waals surface area contributed by atoms with Gasteiger partial charge in [0.25, 0.3) is 0 Å². The van der Waals surface area contributed by atoms with E-state index < -0.39 is 29.4 Å². The minimum Gasteiger partial charge on any atom is -0.481 e. The molecule has 0 saturated heterocycles. The highest BCUT2D eigenvalue weighted by molar-refractivity contribution is 7.10. The minimum atomic E-state index is -4.57. The molecule has 174 valence electrons. The van der Waals surface area contributed by atoms with Crippen LogP contribution in [0.3, 0.4) is 0 Å². The van der Waals surface area contributed by atoms with Gasteiger partial charge in [0.05, 0.1) is 11.6 Å². The molecule has 1 fully saturated rings. The summed E-state index contributed by atoms with van der Waals surface area (Å²) in [6.07, 6.45) is -2.11. The second-order valence-electron chi connectivity index (χ2n) is 8.16. The van der Waals surface area contributed by atoms with Gasteiger partial charge in [-0.2, -0.15) is 13.2 Å². The Morgan fingerprint density at radius 3 is 2.61 bits per heavy atom. The second kappa shape index (κ2) is 8.71. The molecule has 0 unspecified atom stereocenters. The molecule has 0 aliphatic heterocycles. The molecule has 3 aromatic rings. The molecule has 3 N–H and O–H groups in total. The third-order valence-electron chi connectivity index (χ3n) is 5.64. The topological polar surface area (TPSA) is 108 Å². The van der Waals surface area contributed by atoms with Gasteiger partial charge in [0.1, 0.15) is 16.3 Å². The van der Waals surface area contributed by atoms with Crippen LogP contribution in [0.1, 0.15) is 41.9 Å². The number of nitrogens with one attached hydrogen (secondary N) is 1. The Hall–Kier alpha value is -3.05. The minimum absolute atomic E-state index is 0.176. The van der Waals surface area contributed by atoms with E-state index in [-0.39, 0.29) is 5.95 Å². The molecule has 0 amide bonds. The zero-order chi connectivity index (χ0) is 23.8. The van der Waals surface area contributed by atoms with Crippen LogP contribution in [0.25, 0.3) is 11.3 Å². The van der Waals surface area contributed by atoms with Gasteiger partial charge in [-0.05, 0) is 62.4 Å². The number of hydrogen-bond acceptors (Lipinski definition) is 7. The molecular weight excluding hydrogens is 457 g/mol. The number of thiazole rings is 1. The molecular formula is C22H21F3N4O3S. The van der Waals surface area contributed by atoms with Crippen molar-refractivity contribution >= 4 is 28.9 Å². The average Bonchev–Trinajstić information content (AvgIpc) is 3.25. The van der Waals surface area contributed by atoms with Gasteiger partial charge in [0.2, 0.25) is 5.95 Å². The first-order valence-electron chi connectivity index (χ1n) is 10.2. The van der Waals surface area contributed by atoms with Gasteiger partial charge in [-0.3, -0.25) is 4.79 Å². The molecule has 0 atom stereocenters. The summed E-state index contributed by atoms with van der Waals surface area (Å²) >= 11 is 1.30. The molecule has 33 heavy (non-hydrogen) atoms. The van der Waals surface area contributed by atoms with Crippen molar-refractivity contribution in [3.05, 3.63) is 52.1 Å². The van der Waals surface area contributed by atoms with Crippen molar-refractivity contribution in [2.75, 3.05) is 5.32 Å². The Bertz CT molecular complexity index is 1170. The summed E-state index contributed by atoms with van der Waals surface area (Å²) in [5.41, 5.74) is 0.473. The smallest absolute Gasteiger partial charge is 0.433 e. The molecule has 1 aromatic carbocycles. The summed E-state index contributed by atoms with van der Waals surface area (Å²) in [6, 6.07) is 6.16. The molecule has 0 bridgehead atoms. The van der Waals surface area contributed by atoms with E-state index in [1.54, 1.807) is 17.5 Å². The first-order valence-corrected chi connectivity index (χ1v) is 11.1. The number of carboxylic acids is 1. The fraction of sp³-hybridized carbons (Fsp3) is 0.364.